The zero-order valence-electron chi connectivity index (χ0n) is 11.2. The van der Waals surface area contributed by atoms with Crippen molar-refractivity contribution in [2.75, 3.05) is 17.6 Å². The number of nitrogens with one attached hydrogen (secondary N) is 1. The Balaban J connectivity index is 2.18. The van der Waals surface area contributed by atoms with Gasteiger partial charge in [-0.15, -0.1) is 0 Å². The standard InChI is InChI=1S/C14H18N4S/c1-3-8-16-13-12(15)14(18-9-17-13)19-11-6-4-10(2)5-7-11/h4-7,9H,3,8,15H2,1-2H3,(H,16,17,18). The van der Waals surface area contributed by atoms with Crippen LogP contribution < -0.4 is 11.1 Å². The summed E-state index contributed by atoms with van der Waals surface area (Å²) < 4.78 is 0. The number of hydrogen-bond donors (Lipinski definition) is 2. The summed E-state index contributed by atoms with van der Waals surface area (Å²) in [6.45, 7) is 5.03. The molecule has 4 nitrogen and oxygen atoms in total. The fraction of sp³-hybridized carbons (Fsp3) is 0.286. The van der Waals surface area contributed by atoms with Gasteiger partial charge in [-0.2, -0.15) is 0 Å². The van der Waals surface area contributed by atoms with Gasteiger partial charge < -0.3 is 11.1 Å². The van der Waals surface area contributed by atoms with E-state index in [1.165, 1.54) is 5.56 Å². The molecule has 100 valence electrons. The number of aryl methyl sites for hydroxylation is 1. The third-order valence-electron chi connectivity index (χ3n) is 2.63. The van der Waals surface area contributed by atoms with E-state index in [4.69, 9.17) is 5.73 Å². The van der Waals surface area contributed by atoms with Crippen molar-refractivity contribution in [3.63, 3.8) is 0 Å². The van der Waals surface area contributed by atoms with E-state index in [2.05, 4.69) is 53.4 Å². The third kappa shape index (κ3) is 3.61. The Morgan fingerprint density at radius 1 is 1.21 bits per heavy atom. The first-order valence-electron chi connectivity index (χ1n) is 6.29. The molecule has 0 radical (unpaired) electrons. The molecule has 19 heavy (non-hydrogen) atoms. The molecule has 1 aromatic carbocycles. The second-order valence-electron chi connectivity index (χ2n) is 4.28. The van der Waals surface area contributed by atoms with E-state index >= 15 is 0 Å². The van der Waals surface area contributed by atoms with Crippen molar-refractivity contribution in [2.24, 2.45) is 0 Å². The summed E-state index contributed by atoms with van der Waals surface area (Å²) in [4.78, 5) is 9.55. The second-order valence-corrected chi connectivity index (χ2v) is 5.35. The largest absolute Gasteiger partial charge is 0.394 e. The Morgan fingerprint density at radius 2 is 1.95 bits per heavy atom. The first-order valence-corrected chi connectivity index (χ1v) is 7.11. The molecule has 0 aliphatic rings. The maximum absolute atomic E-state index is 6.09. The van der Waals surface area contributed by atoms with Gasteiger partial charge in [0, 0.05) is 11.4 Å². The molecule has 0 fully saturated rings. The number of hydrogen-bond acceptors (Lipinski definition) is 5. The van der Waals surface area contributed by atoms with Crippen LogP contribution in [0.15, 0.2) is 40.5 Å². The van der Waals surface area contributed by atoms with E-state index in [-0.39, 0.29) is 0 Å². The number of benzene rings is 1. The van der Waals surface area contributed by atoms with Gasteiger partial charge >= 0.3 is 0 Å². The lowest BCUT2D eigenvalue weighted by atomic mass is 10.2. The van der Waals surface area contributed by atoms with Crippen LogP contribution in [0.4, 0.5) is 11.5 Å². The van der Waals surface area contributed by atoms with E-state index in [0.717, 1.165) is 22.9 Å². The number of anilines is 2. The van der Waals surface area contributed by atoms with Crippen LogP contribution in [-0.2, 0) is 0 Å². The first kappa shape index (κ1) is 13.7. The third-order valence-corrected chi connectivity index (χ3v) is 3.65. The number of nitrogen functional groups attached to an aromatic ring is 1. The van der Waals surface area contributed by atoms with Crippen molar-refractivity contribution in [3.05, 3.63) is 36.2 Å². The summed E-state index contributed by atoms with van der Waals surface area (Å²) in [5.74, 6) is 0.714. The highest BCUT2D eigenvalue weighted by Gasteiger charge is 2.08. The molecule has 0 saturated carbocycles. The molecule has 0 amide bonds. The summed E-state index contributed by atoms with van der Waals surface area (Å²) in [6, 6.07) is 8.30. The molecule has 0 unspecified atom stereocenters. The number of aromatic nitrogens is 2. The van der Waals surface area contributed by atoms with Gasteiger partial charge in [-0.05, 0) is 25.5 Å². The Labute approximate surface area is 117 Å². The van der Waals surface area contributed by atoms with Crippen molar-refractivity contribution in [1.82, 2.24) is 9.97 Å². The van der Waals surface area contributed by atoms with Crippen LogP contribution >= 0.6 is 11.8 Å². The lowest BCUT2D eigenvalue weighted by Crippen LogP contribution is -2.06. The first-order chi connectivity index (χ1) is 9.20. The monoisotopic (exact) mass is 274 g/mol. The molecule has 0 spiro atoms. The van der Waals surface area contributed by atoms with Crippen LogP contribution in [0.25, 0.3) is 0 Å². The van der Waals surface area contributed by atoms with E-state index in [0.29, 0.717) is 11.5 Å². The van der Waals surface area contributed by atoms with Crippen LogP contribution in [0.2, 0.25) is 0 Å². The highest BCUT2D eigenvalue weighted by atomic mass is 32.2. The Bertz CT molecular complexity index is 540. The van der Waals surface area contributed by atoms with E-state index in [1.807, 2.05) is 0 Å². The van der Waals surface area contributed by atoms with E-state index in [9.17, 15) is 0 Å². The lowest BCUT2D eigenvalue weighted by molar-refractivity contribution is 0.956. The van der Waals surface area contributed by atoms with Crippen LogP contribution in [-0.4, -0.2) is 16.5 Å². The fourth-order valence-corrected chi connectivity index (χ4v) is 2.36. The van der Waals surface area contributed by atoms with Crippen molar-refractivity contribution >= 4 is 23.3 Å². The van der Waals surface area contributed by atoms with Gasteiger partial charge in [0.1, 0.15) is 17.0 Å². The summed E-state index contributed by atoms with van der Waals surface area (Å²) in [7, 11) is 0. The molecule has 2 aromatic rings. The molecule has 5 heteroatoms. The van der Waals surface area contributed by atoms with Crippen LogP contribution in [0.3, 0.4) is 0 Å². The summed E-state index contributed by atoms with van der Waals surface area (Å²) in [5.41, 5.74) is 7.95. The number of rotatable bonds is 5. The Morgan fingerprint density at radius 3 is 2.63 bits per heavy atom. The minimum absolute atomic E-state index is 0.613. The molecule has 0 aliphatic carbocycles. The molecule has 1 heterocycles. The Hall–Kier alpha value is -1.75. The normalized spacial score (nSPS) is 10.4. The van der Waals surface area contributed by atoms with Gasteiger partial charge in [-0.1, -0.05) is 36.4 Å². The van der Waals surface area contributed by atoms with Crippen molar-refractivity contribution in [1.29, 1.82) is 0 Å². The van der Waals surface area contributed by atoms with Crippen molar-refractivity contribution < 1.29 is 0 Å². The molecule has 0 saturated heterocycles. The second kappa shape index (κ2) is 6.43. The topological polar surface area (TPSA) is 63.8 Å². The molecular formula is C14H18N4S. The van der Waals surface area contributed by atoms with Crippen molar-refractivity contribution in [2.45, 2.75) is 30.2 Å². The molecule has 0 aliphatic heterocycles. The molecule has 0 bridgehead atoms. The molecule has 2 rings (SSSR count). The van der Waals surface area contributed by atoms with E-state index < -0.39 is 0 Å². The van der Waals surface area contributed by atoms with Gasteiger partial charge in [-0.25, -0.2) is 9.97 Å². The predicted octanol–water partition coefficient (Wildman–Crippen LogP) is 3.34. The minimum atomic E-state index is 0.613. The van der Waals surface area contributed by atoms with Gasteiger partial charge in [0.15, 0.2) is 5.82 Å². The highest BCUT2D eigenvalue weighted by Crippen LogP contribution is 2.32. The van der Waals surface area contributed by atoms with E-state index in [1.54, 1.807) is 18.1 Å². The average molecular weight is 274 g/mol. The molecule has 1 aromatic heterocycles. The Kier molecular flexibility index (Phi) is 4.63. The maximum atomic E-state index is 6.09. The number of nitrogens with zero attached hydrogens (tertiary/aromatic N) is 2. The molecule has 0 atom stereocenters. The molecular weight excluding hydrogens is 256 g/mol. The minimum Gasteiger partial charge on any atom is -0.394 e. The summed E-state index contributed by atoms with van der Waals surface area (Å²) in [5, 5.41) is 4.00. The highest BCUT2D eigenvalue weighted by molar-refractivity contribution is 7.99. The van der Waals surface area contributed by atoms with Crippen LogP contribution in [0.5, 0.6) is 0 Å². The van der Waals surface area contributed by atoms with Gasteiger partial charge in [-0.3, -0.25) is 0 Å². The average Bonchev–Trinajstić information content (AvgIpc) is 2.42. The lowest BCUT2D eigenvalue weighted by Gasteiger charge is -2.10. The fourth-order valence-electron chi connectivity index (χ4n) is 1.56. The number of nitrogens with two attached hydrogens (primary N) is 1. The van der Waals surface area contributed by atoms with Crippen molar-refractivity contribution in [3.8, 4) is 0 Å². The molecule has 3 N–H and O–H groups in total. The maximum Gasteiger partial charge on any atom is 0.153 e. The zero-order chi connectivity index (χ0) is 13.7. The predicted molar refractivity (Wildman–Crippen MR) is 80.5 cm³/mol. The van der Waals surface area contributed by atoms with Gasteiger partial charge in [0.2, 0.25) is 0 Å². The summed E-state index contributed by atoms with van der Waals surface area (Å²) >= 11 is 1.55. The smallest absolute Gasteiger partial charge is 0.153 e. The summed E-state index contributed by atoms with van der Waals surface area (Å²) in [6.07, 6.45) is 2.58. The van der Waals surface area contributed by atoms with Gasteiger partial charge in [0.25, 0.3) is 0 Å². The van der Waals surface area contributed by atoms with Crippen LogP contribution in [0.1, 0.15) is 18.9 Å². The zero-order valence-corrected chi connectivity index (χ0v) is 12.0. The quantitative estimate of drug-likeness (QED) is 0.819. The van der Waals surface area contributed by atoms with Gasteiger partial charge in [0.05, 0.1) is 0 Å². The van der Waals surface area contributed by atoms with Crippen LogP contribution in [0, 0.1) is 6.92 Å². The SMILES string of the molecule is CCCNc1ncnc(Sc2ccc(C)cc2)c1N.